The first-order valence-corrected chi connectivity index (χ1v) is 11.0. The molecular formula is C30H26IrN2O3+. The number of fused-ring (bicyclic) bond motifs is 1. The maximum absolute atomic E-state index is 12.1. The van der Waals surface area contributed by atoms with E-state index in [1.807, 2.05) is 29.0 Å². The molecule has 0 bridgehead atoms. The minimum Gasteiger partial charge on any atom is -0.661 e. The monoisotopic (exact) mass is 655 g/mol. The number of ether oxygens (including phenoxy) is 2. The summed E-state index contributed by atoms with van der Waals surface area (Å²) in [6.45, 7) is 4.10. The predicted molar refractivity (Wildman–Crippen MR) is 138 cm³/mol. The maximum atomic E-state index is 12.1. The van der Waals surface area contributed by atoms with Crippen LogP contribution in [-0.2, 0) is 20.1 Å². The second-order valence-electron chi connectivity index (χ2n) is 7.83. The van der Waals surface area contributed by atoms with Crippen molar-refractivity contribution in [3.63, 3.8) is 0 Å². The molecule has 36 heavy (non-hydrogen) atoms. The molecule has 182 valence electrons. The van der Waals surface area contributed by atoms with E-state index in [0.717, 1.165) is 16.8 Å². The van der Waals surface area contributed by atoms with E-state index in [4.69, 9.17) is 9.47 Å². The third-order valence-corrected chi connectivity index (χ3v) is 5.61. The molecule has 0 aliphatic carbocycles. The molecule has 0 saturated heterocycles. The number of benzene rings is 3. The van der Waals surface area contributed by atoms with E-state index in [2.05, 4.69) is 55.4 Å². The van der Waals surface area contributed by atoms with Crippen molar-refractivity contribution in [1.82, 2.24) is 4.98 Å². The van der Waals surface area contributed by atoms with Gasteiger partial charge in [-0.3, -0.25) is 4.79 Å². The predicted octanol–water partition coefficient (Wildman–Crippen LogP) is 5.51. The Morgan fingerprint density at radius 2 is 1.53 bits per heavy atom. The first-order valence-electron chi connectivity index (χ1n) is 11.0. The minimum atomic E-state index is -0.146. The molecule has 0 saturated carbocycles. The number of carbonyl (C=O) groups excluding carboxylic acids is 1. The van der Waals surface area contributed by atoms with E-state index in [-0.39, 0.29) is 25.9 Å². The van der Waals surface area contributed by atoms with Gasteiger partial charge in [-0.1, -0.05) is 48.2 Å². The number of rotatable bonds is 5. The Hall–Kier alpha value is -3.99. The molecule has 3 aromatic carbocycles. The fourth-order valence-corrected chi connectivity index (χ4v) is 3.83. The van der Waals surface area contributed by atoms with Crippen molar-refractivity contribution in [2.45, 2.75) is 0 Å². The van der Waals surface area contributed by atoms with E-state index < -0.39 is 0 Å². The van der Waals surface area contributed by atoms with Crippen molar-refractivity contribution in [1.29, 1.82) is 0 Å². The number of nitrogens with zero attached hydrogens (tertiary/aromatic N) is 2. The molecule has 0 spiro atoms. The number of methoxy groups -OCH3 is 2. The number of ketones is 1. The number of pyridine rings is 1. The van der Waals surface area contributed by atoms with Gasteiger partial charge in [-0.25, -0.2) is 0 Å². The largest absolute Gasteiger partial charge is 3.00 e. The van der Waals surface area contributed by atoms with Crippen molar-refractivity contribution < 1.29 is 38.9 Å². The molecule has 0 aliphatic rings. The quantitative estimate of drug-likeness (QED) is 0.143. The van der Waals surface area contributed by atoms with Crippen molar-refractivity contribution in [2.75, 3.05) is 14.2 Å². The number of carbonyl (C=O) groups is 1. The fourth-order valence-electron chi connectivity index (χ4n) is 3.83. The van der Waals surface area contributed by atoms with Gasteiger partial charge in [0, 0.05) is 18.7 Å². The SMILES string of the molecule is COc1cc(OC)cc(C(=O)c2ccc[n-]2)c1.[CH2-]c1ccccc1-c1c2ccccc2cc[n+]1[CH2-].[Ir+3]. The van der Waals surface area contributed by atoms with Crippen LogP contribution in [0.25, 0.3) is 22.0 Å². The zero-order chi connectivity index (χ0) is 24.8. The molecule has 2 heterocycles. The molecule has 5 aromatic rings. The van der Waals surface area contributed by atoms with Crippen LogP contribution in [0, 0.1) is 14.0 Å². The van der Waals surface area contributed by atoms with Gasteiger partial charge < -0.3 is 19.0 Å². The summed E-state index contributed by atoms with van der Waals surface area (Å²) >= 11 is 0. The van der Waals surface area contributed by atoms with Gasteiger partial charge in [-0.05, 0) is 29.0 Å². The number of hydrogen-bond donors (Lipinski definition) is 0. The average Bonchev–Trinajstić information content (AvgIpc) is 3.44. The molecule has 0 fully saturated rings. The van der Waals surface area contributed by atoms with Crippen molar-refractivity contribution in [3.8, 4) is 22.8 Å². The Bertz CT molecular complexity index is 1440. The van der Waals surface area contributed by atoms with Crippen LogP contribution >= 0.6 is 0 Å². The van der Waals surface area contributed by atoms with Gasteiger partial charge in [0.15, 0.2) is 5.78 Å². The van der Waals surface area contributed by atoms with Gasteiger partial charge in [0.1, 0.15) is 11.5 Å². The second-order valence-corrected chi connectivity index (χ2v) is 7.83. The summed E-state index contributed by atoms with van der Waals surface area (Å²) in [7, 11) is 7.17. The summed E-state index contributed by atoms with van der Waals surface area (Å²) in [6, 6.07) is 27.0. The van der Waals surface area contributed by atoms with Crippen LogP contribution in [-0.4, -0.2) is 20.0 Å². The van der Waals surface area contributed by atoms with E-state index in [0.29, 0.717) is 22.8 Å². The molecule has 0 N–H and O–H groups in total. The molecule has 0 amide bonds. The molecule has 5 nitrogen and oxygen atoms in total. The summed E-state index contributed by atoms with van der Waals surface area (Å²) < 4.78 is 12.1. The summed E-state index contributed by atoms with van der Waals surface area (Å²) in [5, 5.41) is 2.42. The third-order valence-electron chi connectivity index (χ3n) is 5.61. The normalized spacial score (nSPS) is 10.1. The van der Waals surface area contributed by atoms with Crippen molar-refractivity contribution >= 4 is 16.6 Å². The van der Waals surface area contributed by atoms with Crippen LogP contribution in [0.15, 0.2) is 97.3 Å². The van der Waals surface area contributed by atoms with Gasteiger partial charge in [-0.15, -0.1) is 17.7 Å². The second kappa shape index (κ2) is 12.1. The average molecular weight is 655 g/mol. The summed E-state index contributed by atoms with van der Waals surface area (Å²) in [6.07, 6.45) is 3.58. The third kappa shape index (κ3) is 5.80. The molecular weight excluding hydrogens is 629 g/mol. The smallest absolute Gasteiger partial charge is 0.661 e. The minimum absolute atomic E-state index is 0. The maximum Gasteiger partial charge on any atom is 3.00 e. The van der Waals surface area contributed by atoms with Gasteiger partial charge in [0.05, 0.1) is 26.1 Å². The van der Waals surface area contributed by atoms with Crippen LogP contribution in [0.4, 0.5) is 0 Å². The van der Waals surface area contributed by atoms with Gasteiger partial charge in [-0.2, -0.15) is 24.8 Å². The van der Waals surface area contributed by atoms with Crippen LogP contribution in [0.2, 0.25) is 0 Å². The Labute approximate surface area is 225 Å². The van der Waals surface area contributed by atoms with E-state index >= 15 is 0 Å². The molecule has 0 radical (unpaired) electrons. The zero-order valence-corrected chi connectivity index (χ0v) is 22.5. The Morgan fingerprint density at radius 3 is 2.17 bits per heavy atom. The fraction of sp³-hybridized carbons (Fsp3) is 0.0667. The first kappa shape index (κ1) is 26.6. The van der Waals surface area contributed by atoms with Gasteiger partial charge in [0.25, 0.3) is 0 Å². The van der Waals surface area contributed by atoms with E-state index in [1.54, 1.807) is 50.7 Å². The van der Waals surface area contributed by atoms with Gasteiger partial charge in [0.2, 0.25) is 0 Å². The molecule has 6 heteroatoms. The zero-order valence-electron chi connectivity index (χ0n) is 20.1. The Morgan fingerprint density at radius 1 is 0.861 bits per heavy atom. The van der Waals surface area contributed by atoms with Crippen molar-refractivity contribution in [2.24, 2.45) is 0 Å². The van der Waals surface area contributed by atoms with E-state index in [1.165, 1.54) is 10.8 Å². The number of hydrogen-bond acceptors (Lipinski definition) is 3. The molecule has 2 aromatic heterocycles. The van der Waals surface area contributed by atoms with E-state index in [9.17, 15) is 4.79 Å². The van der Waals surface area contributed by atoms with Crippen molar-refractivity contribution in [3.05, 3.63) is 128 Å². The molecule has 0 aliphatic heterocycles. The topological polar surface area (TPSA) is 53.5 Å². The molecule has 0 atom stereocenters. The Kier molecular flexibility index (Phi) is 8.96. The molecule has 5 rings (SSSR count). The van der Waals surface area contributed by atoms with Crippen LogP contribution in [0.1, 0.15) is 21.6 Å². The first-order chi connectivity index (χ1) is 17.0. The molecule has 0 unspecified atom stereocenters. The van der Waals surface area contributed by atoms with Crippen LogP contribution in [0.5, 0.6) is 11.5 Å². The van der Waals surface area contributed by atoms with Crippen LogP contribution < -0.4 is 19.0 Å². The van der Waals surface area contributed by atoms with Crippen LogP contribution in [0.3, 0.4) is 0 Å². The standard InChI is InChI=1S/C17H14N.C13H13NO3.Ir/c1-13-7-3-5-9-15(13)17-16-10-6-4-8-14(16)11-12-18(17)2;1-16-10-6-9(7-11(8-10)17-2)13(15)12-4-3-5-14-12;/h3-12H,1-2H2;3-8H,1-2H3,(H,14,15);/q-1;;+3/p-1. The van der Waals surface area contributed by atoms with Gasteiger partial charge >= 0.3 is 20.1 Å². The summed E-state index contributed by atoms with van der Waals surface area (Å²) in [5.41, 5.74) is 4.18. The Balaban J connectivity index is 0.000000196. The summed E-state index contributed by atoms with van der Waals surface area (Å²) in [5.74, 6) is 1.02. The number of aromatic nitrogens is 2. The summed E-state index contributed by atoms with van der Waals surface area (Å²) in [4.78, 5) is 16.0.